The number of hydrogen-bond acceptors (Lipinski definition) is 5. The van der Waals surface area contributed by atoms with Gasteiger partial charge in [0.05, 0.1) is 12.3 Å². The lowest BCUT2D eigenvalue weighted by atomic mass is 10.2. The van der Waals surface area contributed by atoms with E-state index in [1.165, 1.54) is 18.5 Å². The zero-order valence-electron chi connectivity index (χ0n) is 12.2. The van der Waals surface area contributed by atoms with Crippen molar-refractivity contribution < 1.29 is 24.2 Å². The fraction of sp³-hybridized carbons (Fsp3) is 0.500. The van der Waals surface area contributed by atoms with Gasteiger partial charge in [0.25, 0.3) is 5.91 Å². The molecule has 0 atom stereocenters. The summed E-state index contributed by atoms with van der Waals surface area (Å²) in [5.41, 5.74) is -0.0249. The maximum Gasteiger partial charge on any atom is 0.339 e. The highest BCUT2D eigenvalue weighted by Gasteiger charge is 2.12. The van der Waals surface area contributed by atoms with Crippen molar-refractivity contribution in [1.82, 2.24) is 10.3 Å². The van der Waals surface area contributed by atoms with Crippen LogP contribution in [0.3, 0.4) is 0 Å². The van der Waals surface area contributed by atoms with Crippen molar-refractivity contribution in [3.63, 3.8) is 0 Å². The fourth-order valence-electron chi connectivity index (χ4n) is 1.49. The Morgan fingerprint density at radius 1 is 1.43 bits per heavy atom. The van der Waals surface area contributed by atoms with E-state index in [0.717, 1.165) is 0 Å². The number of amides is 1. The number of nitrogens with one attached hydrogen (secondary N) is 1. The second-order valence-electron chi connectivity index (χ2n) is 4.59. The largest absolute Gasteiger partial charge is 0.481 e. The van der Waals surface area contributed by atoms with Gasteiger partial charge < -0.3 is 19.9 Å². The van der Waals surface area contributed by atoms with Crippen LogP contribution in [0.5, 0.6) is 5.75 Å². The van der Waals surface area contributed by atoms with Crippen LogP contribution in [0.25, 0.3) is 0 Å². The Hall–Kier alpha value is -2.15. The van der Waals surface area contributed by atoms with E-state index in [-0.39, 0.29) is 29.9 Å². The SMILES string of the molecule is CC(C)OCCCNC(=O)COc1cnccc1C(=O)O. The average molecular weight is 296 g/mol. The molecule has 116 valence electrons. The lowest BCUT2D eigenvalue weighted by Crippen LogP contribution is -2.30. The predicted octanol–water partition coefficient (Wildman–Crippen LogP) is 1.09. The van der Waals surface area contributed by atoms with Gasteiger partial charge in [-0.25, -0.2) is 4.79 Å². The van der Waals surface area contributed by atoms with E-state index in [2.05, 4.69) is 10.3 Å². The Kier molecular flexibility index (Phi) is 7.17. The summed E-state index contributed by atoms with van der Waals surface area (Å²) < 4.78 is 10.5. The van der Waals surface area contributed by atoms with Crippen molar-refractivity contribution in [1.29, 1.82) is 0 Å². The van der Waals surface area contributed by atoms with Gasteiger partial charge >= 0.3 is 5.97 Å². The first-order chi connectivity index (χ1) is 10.0. The number of aromatic nitrogens is 1. The van der Waals surface area contributed by atoms with Gasteiger partial charge in [0.2, 0.25) is 0 Å². The second kappa shape index (κ2) is 8.91. The minimum Gasteiger partial charge on any atom is -0.481 e. The molecule has 7 heteroatoms. The molecule has 2 N–H and O–H groups in total. The lowest BCUT2D eigenvalue weighted by molar-refractivity contribution is -0.123. The summed E-state index contributed by atoms with van der Waals surface area (Å²) in [7, 11) is 0. The molecule has 1 aromatic rings. The third-order valence-corrected chi connectivity index (χ3v) is 2.47. The Labute approximate surface area is 123 Å². The first kappa shape index (κ1) is 16.9. The third-order valence-electron chi connectivity index (χ3n) is 2.47. The lowest BCUT2D eigenvalue weighted by Gasteiger charge is -2.10. The molecule has 0 radical (unpaired) electrons. The highest BCUT2D eigenvalue weighted by atomic mass is 16.5. The van der Waals surface area contributed by atoms with Gasteiger partial charge in [-0.2, -0.15) is 0 Å². The molecule has 1 heterocycles. The monoisotopic (exact) mass is 296 g/mol. The summed E-state index contributed by atoms with van der Waals surface area (Å²) in [5, 5.41) is 11.6. The van der Waals surface area contributed by atoms with E-state index in [4.69, 9.17) is 14.6 Å². The number of carboxylic acid groups (broad SMARTS) is 1. The molecule has 0 saturated carbocycles. The summed E-state index contributed by atoms with van der Waals surface area (Å²) in [6, 6.07) is 1.32. The zero-order chi connectivity index (χ0) is 15.7. The fourth-order valence-corrected chi connectivity index (χ4v) is 1.49. The van der Waals surface area contributed by atoms with E-state index < -0.39 is 5.97 Å². The minimum absolute atomic E-state index is 0.0249. The van der Waals surface area contributed by atoms with Crippen molar-refractivity contribution in [2.24, 2.45) is 0 Å². The Morgan fingerprint density at radius 3 is 2.86 bits per heavy atom. The first-order valence-corrected chi connectivity index (χ1v) is 6.69. The predicted molar refractivity (Wildman–Crippen MR) is 75.4 cm³/mol. The van der Waals surface area contributed by atoms with Crippen LogP contribution in [0, 0.1) is 0 Å². The molecule has 1 amide bonds. The van der Waals surface area contributed by atoms with E-state index >= 15 is 0 Å². The van der Waals surface area contributed by atoms with Crippen LogP contribution in [0.15, 0.2) is 18.5 Å². The standard InChI is InChI=1S/C14H20N2O5/c1-10(2)20-7-3-5-16-13(17)9-21-12-8-15-6-4-11(12)14(18)19/h4,6,8,10H,3,5,7,9H2,1-2H3,(H,16,17)(H,18,19). The Balaban J connectivity index is 2.29. The average Bonchev–Trinajstić information content (AvgIpc) is 2.44. The van der Waals surface area contributed by atoms with Crippen molar-refractivity contribution >= 4 is 11.9 Å². The van der Waals surface area contributed by atoms with Gasteiger partial charge in [0, 0.05) is 19.3 Å². The van der Waals surface area contributed by atoms with E-state index in [0.29, 0.717) is 19.6 Å². The quantitative estimate of drug-likeness (QED) is 0.662. The van der Waals surface area contributed by atoms with Gasteiger partial charge in [-0.3, -0.25) is 9.78 Å². The van der Waals surface area contributed by atoms with Crippen LogP contribution in [0.4, 0.5) is 0 Å². The van der Waals surface area contributed by atoms with Gasteiger partial charge in [-0.05, 0) is 26.3 Å². The smallest absolute Gasteiger partial charge is 0.339 e. The first-order valence-electron chi connectivity index (χ1n) is 6.69. The highest BCUT2D eigenvalue weighted by molar-refractivity contribution is 5.90. The molecule has 21 heavy (non-hydrogen) atoms. The van der Waals surface area contributed by atoms with Gasteiger partial charge in [-0.1, -0.05) is 0 Å². The normalized spacial score (nSPS) is 10.4. The number of carbonyl (C=O) groups is 2. The molecule has 1 aromatic heterocycles. The van der Waals surface area contributed by atoms with Gasteiger partial charge in [0.15, 0.2) is 12.4 Å². The number of ether oxygens (including phenoxy) is 2. The molecule has 0 unspecified atom stereocenters. The molecule has 0 saturated heterocycles. The number of rotatable bonds is 9. The Bertz CT molecular complexity index is 476. The van der Waals surface area contributed by atoms with E-state index in [1.807, 2.05) is 13.8 Å². The molecule has 0 aliphatic rings. The maximum atomic E-state index is 11.5. The molecule has 7 nitrogen and oxygen atoms in total. The Morgan fingerprint density at radius 2 is 2.19 bits per heavy atom. The number of nitrogens with zero attached hydrogens (tertiary/aromatic N) is 1. The zero-order valence-corrected chi connectivity index (χ0v) is 12.2. The highest BCUT2D eigenvalue weighted by Crippen LogP contribution is 2.15. The minimum atomic E-state index is -1.13. The summed E-state index contributed by atoms with van der Waals surface area (Å²) >= 11 is 0. The molecule has 0 aliphatic heterocycles. The van der Waals surface area contributed by atoms with Crippen LogP contribution < -0.4 is 10.1 Å². The van der Waals surface area contributed by atoms with Crippen LogP contribution >= 0.6 is 0 Å². The van der Waals surface area contributed by atoms with Crippen molar-refractivity contribution in [2.45, 2.75) is 26.4 Å². The topological polar surface area (TPSA) is 97.8 Å². The van der Waals surface area contributed by atoms with Crippen molar-refractivity contribution in [3.8, 4) is 5.75 Å². The van der Waals surface area contributed by atoms with E-state index in [1.54, 1.807) is 0 Å². The van der Waals surface area contributed by atoms with Crippen molar-refractivity contribution in [3.05, 3.63) is 24.0 Å². The molecule has 0 aromatic carbocycles. The van der Waals surface area contributed by atoms with Crippen LogP contribution in [0.1, 0.15) is 30.6 Å². The summed E-state index contributed by atoms with van der Waals surface area (Å²) in [5.74, 6) is -1.37. The molecular weight excluding hydrogens is 276 g/mol. The number of pyridine rings is 1. The maximum absolute atomic E-state index is 11.5. The van der Waals surface area contributed by atoms with E-state index in [9.17, 15) is 9.59 Å². The number of aromatic carboxylic acids is 1. The molecule has 0 spiro atoms. The third kappa shape index (κ3) is 6.71. The molecule has 1 rings (SSSR count). The van der Waals surface area contributed by atoms with Gasteiger partial charge in [-0.15, -0.1) is 0 Å². The number of carbonyl (C=O) groups excluding carboxylic acids is 1. The second-order valence-corrected chi connectivity index (χ2v) is 4.59. The number of hydrogen-bond donors (Lipinski definition) is 2. The van der Waals surface area contributed by atoms with Crippen LogP contribution in [-0.2, 0) is 9.53 Å². The number of carboxylic acids is 1. The summed E-state index contributed by atoms with van der Waals surface area (Å²) in [6.45, 7) is 4.69. The summed E-state index contributed by atoms with van der Waals surface area (Å²) in [4.78, 5) is 26.3. The molecule has 0 bridgehead atoms. The van der Waals surface area contributed by atoms with Crippen molar-refractivity contribution in [2.75, 3.05) is 19.8 Å². The molecule has 0 aliphatic carbocycles. The van der Waals surface area contributed by atoms with Crippen LogP contribution in [-0.4, -0.2) is 47.8 Å². The molecular formula is C14H20N2O5. The summed E-state index contributed by atoms with van der Waals surface area (Å²) in [6.07, 6.45) is 3.50. The molecule has 0 fully saturated rings. The van der Waals surface area contributed by atoms with Crippen LogP contribution in [0.2, 0.25) is 0 Å². The van der Waals surface area contributed by atoms with Gasteiger partial charge in [0.1, 0.15) is 5.56 Å².